The number of aliphatic hydroxyl groups is 1. The topological polar surface area (TPSA) is 57.5 Å². The molecule has 0 saturated carbocycles. The molecule has 10 heavy (non-hydrogen) atoms. The zero-order chi connectivity index (χ0) is 7.28. The van der Waals surface area contributed by atoms with Crippen molar-refractivity contribution in [2.75, 3.05) is 12.0 Å². The summed E-state index contributed by atoms with van der Waals surface area (Å²) in [6.07, 6.45) is 1.02. The summed E-state index contributed by atoms with van der Waals surface area (Å²) in [5.41, 5.74) is 0. The standard InChI is InChI=1S/C5H10O3S.Ni/c1-9-3-2-4(6)5(7)8;/h4,6H,2-3H2,1H3,(H,7,8);. The van der Waals surface area contributed by atoms with Crippen molar-refractivity contribution in [3.8, 4) is 0 Å². The number of carbonyl (C=O) groups is 1. The molecule has 5 heteroatoms. The van der Waals surface area contributed by atoms with Gasteiger partial charge in [-0.2, -0.15) is 11.8 Å². The van der Waals surface area contributed by atoms with Crippen LogP contribution in [0.15, 0.2) is 0 Å². The van der Waals surface area contributed by atoms with E-state index in [1.807, 2.05) is 6.26 Å². The summed E-state index contributed by atoms with van der Waals surface area (Å²) in [6, 6.07) is 0. The van der Waals surface area contributed by atoms with Crippen molar-refractivity contribution < 1.29 is 31.5 Å². The second-order valence-corrected chi connectivity index (χ2v) is 2.62. The van der Waals surface area contributed by atoms with Crippen LogP contribution < -0.4 is 0 Å². The molecule has 0 fully saturated rings. The summed E-state index contributed by atoms with van der Waals surface area (Å²) in [5, 5.41) is 16.8. The number of carboxylic acids is 1. The number of hydrogen-bond donors (Lipinski definition) is 2. The molecule has 0 aliphatic carbocycles. The van der Waals surface area contributed by atoms with Crippen LogP contribution in [0.4, 0.5) is 0 Å². The molecule has 0 aromatic carbocycles. The molecule has 0 heterocycles. The van der Waals surface area contributed by atoms with Crippen LogP contribution in [-0.2, 0) is 21.3 Å². The van der Waals surface area contributed by atoms with E-state index < -0.39 is 12.1 Å². The molecule has 0 aliphatic rings. The summed E-state index contributed by atoms with van der Waals surface area (Å²) in [7, 11) is 0. The molecule has 0 aromatic heterocycles. The minimum absolute atomic E-state index is 0. The van der Waals surface area contributed by atoms with E-state index in [4.69, 9.17) is 10.2 Å². The normalized spacial score (nSPS) is 11.8. The van der Waals surface area contributed by atoms with Crippen molar-refractivity contribution in [1.29, 1.82) is 0 Å². The monoisotopic (exact) mass is 208 g/mol. The molecule has 0 amide bonds. The number of aliphatic carboxylic acids is 1. The molecule has 0 rings (SSSR count). The number of thioether (sulfide) groups is 1. The molecule has 0 bridgehead atoms. The van der Waals surface area contributed by atoms with E-state index in [1.54, 1.807) is 0 Å². The van der Waals surface area contributed by atoms with Crippen LogP contribution in [-0.4, -0.2) is 34.3 Å². The zero-order valence-electron chi connectivity index (χ0n) is 5.52. The van der Waals surface area contributed by atoms with E-state index in [-0.39, 0.29) is 16.5 Å². The van der Waals surface area contributed by atoms with Crippen LogP contribution >= 0.6 is 11.8 Å². The van der Waals surface area contributed by atoms with Crippen LogP contribution in [0.2, 0.25) is 0 Å². The third-order valence-corrected chi connectivity index (χ3v) is 1.52. The van der Waals surface area contributed by atoms with E-state index in [1.165, 1.54) is 11.8 Å². The number of aliphatic hydroxyl groups excluding tert-OH is 1. The Balaban J connectivity index is 0. The average molecular weight is 209 g/mol. The number of rotatable bonds is 4. The molecular weight excluding hydrogens is 199 g/mol. The van der Waals surface area contributed by atoms with Crippen LogP contribution in [0.25, 0.3) is 0 Å². The third kappa shape index (κ3) is 6.39. The van der Waals surface area contributed by atoms with Crippen molar-refractivity contribution in [3.05, 3.63) is 0 Å². The number of carboxylic acid groups (broad SMARTS) is 1. The van der Waals surface area contributed by atoms with Gasteiger partial charge in [0.05, 0.1) is 0 Å². The second kappa shape index (κ2) is 7.38. The van der Waals surface area contributed by atoms with Crippen molar-refractivity contribution in [2.45, 2.75) is 12.5 Å². The fourth-order valence-electron chi connectivity index (χ4n) is 0.353. The Bertz CT molecular complexity index is 98.9. The maximum absolute atomic E-state index is 9.95. The molecule has 1 unspecified atom stereocenters. The SMILES string of the molecule is CSCCC(O)C(=O)O.[Ni]. The maximum atomic E-state index is 9.95. The van der Waals surface area contributed by atoms with Gasteiger partial charge in [0, 0.05) is 16.5 Å². The molecule has 0 spiro atoms. The van der Waals surface area contributed by atoms with Gasteiger partial charge in [-0.05, 0) is 18.4 Å². The van der Waals surface area contributed by atoms with Gasteiger partial charge in [0.15, 0.2) is 6.10 Å². The van der Waals surface area contributed by atoms with Gasteiger partial charge in [-0.1, -0.05) is 0 Å². The Hall–Kier alpha value is 0.274. The minimum atomic E-state index is -1.18. The van der Waals surface area contributed by atoms with Crippen LogP contribution in [0.3, 0.4) is 0 Å². The van der Waals surface area contributed by atoms with E-state index in [0.29, 0.717) is 12.2 Å². The molecule has 0 aliphatic heterocycles. The predicted molar refractivity (Wildman–Crippen MR) is 36.6 cm³/mol. The fourth-order valence-corrected chi connectivity index (χ4v) is 0.812. The molecule has 3 nitrogen and oxygen atoms in total. The van der Waals surface area contributed by atoms with Crippen molar-refractivity contribution in [3.63, 3.8) is 0 Å². The molecule has 2 N–H and O–H groups in total. The Labute approximate surface area is 74.1 Å². The Morgan fingerprint density at radius 1 is 1.70 bits per heavy atom. The summed E-state index contributed by atoms with van der Waals surface area (Å²) in [6.45, 7) is 0. The largest absolute Gasteiger partial charge is 0.479 e. The molecule has 0 radical (unpaired) electrons. The summed E-state index contributed by atoms with van der Waals surface area (Å²) >= 11 is 1.52. The summed E-state index contributed by atoms with van der Waals surface area (Å²) < 4.78 is 0. The van der Waals surface area contributed by atoms with Gasteiger partial charge < -0.3 is 10.2 Å². The smallest absolute Gasteiger partial charge is 0.332 e. The molecule has 64 valence electrons. The molecule has 0 saturated heterocycles. The first-order valence-corrected chi connectivity index (χ1v) is 3.97. The average Bonchev–Trinajstić information content (AvgIpc) is 1.82. The van der Waals surface area contributed by atoms with Gasteiger partial charge in [0.1, 0.15) is 0 Å². The van der Waals surface area contributed by atoms with E-state index in [0.717, 1.165) is 0 Å². The molecule has 0 aromatic rings. The first kappa shape index (κ1) is 12.9. The van der Waals surface area contributed by atoms with Crippen molar-refractivity contribution in [2.24, 2.45) is 0 Å². The van der Waals surface area contributed by atoms with Gasteiger partial charge >= 0.3 is 5.97 Å². The third-order valence-electron chi connectivity index (χ3n) is 0.880. The van der Waals surface area contributed by atoms with Gasteiger partial charge in [-0.25, -0.2) is 4.79 Å². The van der Waals surface area contributed by atoms with Gasteiger partial charge in [-0.3, -0.25) is 0 Å². The Morgan fingerprint density at radius 2 is 2.20 bits per heavy atom. The van der Waals surface area contributed by atoms with Gasteiger partial charge in [-0.15, -0.1) is 0 Å². The Morgan fingerprint density at radius 3 is 2.50 bits per heavy atom. The maximum Gasteiger partial charge on any atom is 0.332 e. The van der Waals surface area contributed by atoms with Crippen LogP contribution in [0, 0.1) is 0 Å². The van der Waals surface area contributed by atoms with E-state index in [2.05, 4.69) is 0 Å². The Kier molecular flexibility index (Phi) is 9.53. The van der Waals surface area contributed by atoms with Crippen LogP contribution in [0.1, 0.15) is 6.42 Å². The summed E-state index contributed by atoms with van der Waals surface area (Å²) in [4.78, 5) is 9.95. The first-order valence-electron chi connectivity index (χ1n) is 2.58. The van der Waals surface area contributed by atoms with Gasteiger partial charge in [0.25, 0.3) is 0 Å². The van der Waals surface area contributed by atoms with E-state index in [9.17, 15) is 4.79 Å². The number of hydrogen-bond acceptors (Lipinski definition) is 3. The molecular formula is C5H10NiO3S. The van der Waals surface area contributed by atoms with Crippen molar-refractivity contribution in [1.82, 2.24) is 0 Å². The zero-order valence-corrected chi connectivity index (χ0v) is 7.32. The van der Waals surface area contributed by atoms with E-state index >= 15 is 0 Å². The second-order valence-electron chi connectivity index (χ2n) is 1.64. The fraction of sp³-hybridized carbons (Fsp3) is 0.800. The van der Waals surface area contributed by atoms with Crippen molar-refractivity contribution >= 4 is 17.7 Å². The first-order chi connectivity index (χ1) is 4.18. The summed E-state index contributed by atoms with van der Waals surface area (Å²) in [5.74, 6) is -0.447. The minimum Gasteiger partial charge on any atom is -0.479 e. The predicted octanol–water partition coefficient (Wildman–Crippen LogP) is 0.182. The molecule has 1 atom stereocenters. The quantitative estimate of drug-likeness (QED) is 0.648. The van der Waals surface area contributed by atoms with Crippen LogP contribution in [0.5, 0.6) is 0 Å². The van der Waals surface area contributed by atoms with Gasteiger partial charge in [0.2, 0.25) is 0 Å².